The molecule has 0 saturated carbocycles. The van der Waals surface area contributed by atoms with Gasteiger partial charge in [0.15, 0.2) is 5.96 Å². The van der Waals surface area contributed by atoms with Crippen LogP contribution >= 0.6 is 0 Å². The molecule has 1 saturated heterocycles. The van der Waals surface area contributed by atoms with E-state index in [9.17, 15) is 28.8 Å². The molecule has 244 valence electrons. The van der Waals surface area contributed by atoms with E-state index in [0.29, 0.717) is 25.7 Å². The predicted octanol–water partition coefficient (Wildman–Crippen LogP) is -2.26. The highest BCUT2D eigenvalue weighted by Gasteiger charge is 2.38. The van der Waals surface area contributed by atoms with Crippen molar-refractivity contribution in [3.63, 3.8) is 0 Å². The average molecular weight is 612 g/mol. The van der Waals surface area contributed by atoms with Gasteiger partial charge < -0.3 is 48.5 Å². The molecular formula is C27H49N9O7. The van der Waals surface area contributed by atoms with E-state index in [2.05, 4.69) is 26.3 Å². The number of aliphatic carboxylic acids is 1. The second-order valence-electron chi connectivity index (χ2n) is 11.2. The van der Waals surface area contributed by atoms with Gasteiger partial charge in [-0.15, -0.1) is 0 Å². The molecule has 5 amide bonds. The van der Waals surface area contributed by atoms with Gasteiger partial charge >= 0.3 is 5.97 Å². The number of carbonyl (C=O) groups is 6. The van der Waals surface area contributed by atoms with Crippen LogP contribution in [0.25, 0.3) is 0 Å². The van der Waals surface area contributed by atoms with Crippen LogP contribution in [0, 0.1) is 11.8 Å². The van der Waals surface area contributed by atoms with Gasteiger partial charge in [0.05, 0.1) is 6.04 Å². The molecule has 1 aliphatic heterocycles. The molecule has 0 radical (unpaired) electrons. The number of guanidine groups is 1. The van der Waals surface area contributed by atoms with E-state index < -0.39 is 72.3 Å². The summed E-state index contributed by atoms with van der Waals surface area (Å²) >= 11 is 0. The van der Waals surface area contributed by atoms with Crippen LogP contribution in [-0.4, -0.2) is 101 Å². The van der Waals surface area contributed by atoms with Crippen LogP contribution < -0.4 is 38.5 Å². The third kappa shape index (κ3) is 12.1. The lowest BCUT2D eigenvalue weighted by Crippen LogP contribution is -2.59. The molecule has 43 heavy (non-hydrogen) atoms. The largest absolute Gasteiger partial charge is 0.480 e. The molecule has 0 aliphatic carbocycles. The Morgan fingerprint density at radius 1 is 0.977 bits per heavy atom. The zero-order valence-electron chi connectivity index (χ0n) is 25.7. The SMILES string of the molecule is CC[C@H](C)[C@H](NC(=O)[C@@H](N)C(C)C)C(=O)N[C@@H](C)C(=O)N1CCC[C@H]1C(=O)N[C@@H](CCCN=C(N)N)C(=O)NCC(=O)O. The number of carboxylic acids is 1. The Bertz CT molecular complexity index is 1030. The van der Waals surface area contributed by atoms with Gasteiger partial charge in [-0.05, 0) is 44.4 Å². The van der Waals surface area contributed by atoms with Gasteiger partial charge in [-0.25, -0.2) is 0 Å². The monoisotopic (exact) mass is 611 g/mol. The lowest BCUT2D eigenvalue weighted by Gasteiger charge is -2.30. The minimum Gasteiger partial charge on any atom is -0.480 e. The number of amides is 5. The highest BCUT2D eigenvalue weighted by atomic mass is 16.4. The molecule has 16 nitrogen and oxygen atoms in total. The average Bonchev–Trinajstić information content (AvgIpc) is 3.44. The number of hydrogen-bond acceptors (Lipinski definition) is 8. The van der Waals surface area contributed by atoms with Gasteiger partial charge in [0.25, 0.3) is 0 Å². The van der Waals surface area contributed by atoms with Crippen molar-refractivity contribution in [2.75, 3.05) is 19.6 Å². The topological polar surface area (TPSA) is 264 Å². The predicted molar refractivity (Wildman–Crippen MR) is 159 cm³/mol. The molecule has 1 heterocycles. The van der Waals surface area contributed by atoms with Crippen molar-refractivity contribution in [3.8, 4) is 0 Å². The Labute approximate surface area is 252 Å². The maximum atomic E-state index is 13.4. The van der Waals surface area contributed by atoms with Crippen LogP contribution in [-0.2, 0) is 28.8 Å². The summed E-state index contributed by atoms with van der Waals surface area (Å²) in [6, 6.07) is -4.73. The fourth-order valence-electron chi connectivity index (χ4n) is 4.50. The minimum absolute atomic E-state index is 0.115. The molecule has 6 atom stereocenters. The maximum Gasteiger partial charge on any atom is 0.322 e. The van der Waals surface area contributed by atoms with E-state index in [0.717, 1.165) is 0 Å². The van der Waals surface area contributed by atoms with Gasteiger partial charge in [-0.3, -0.25) is 33.8 Å². The molecule has 0 aromatic carbocycles. The number of aliphatic imine (C=N–C) groups is 1. The first-order valence-corrected chi connectivity index (χ1v) is 14.6. The van der Waals surface area contributed by atoms with Crippen molar-refractivity contribution in [2.24, 2.45) is 34.0 Å². The highest BCUT2D eigenvalue weighted by Crippen LogP contribution is 2.19. The van der Waals surface area contributed by atoms with Gasteiger partial charge in [-0.1, -0.05) is 34.1 Å². The lowest BCUT2D eigenvalue weighted by molar-refractivity contribution is -0.142. The van der Waals surface area contributed by atoms with Crippen molar-refractivity contribution < 1.29 is 33.9 Å². The first-order chi connectivity index (χ1) is 20.1. The van der Waals surface area contributed by atoms with Gasteiger partial charge in [0.1, 0.15) is 30.7 Å². The van der Waals surface area contributed by atoms with Crippen LogP contribution in [0.4, 0.5) is 0 Å². The maximum absolute atomic E-state index is 13.4. The second-order valence-corrected chi connectivity index (χ2v) is 11.2. The fraction of sp³-hybridized carbons (Fsp3) is 0.741. The van der Waals surface area contributed by atoms with E-state index in [-0.39, 0.29) is 37.3 Å². The summed E-state index contributed by atoms with van der Waals surface area (Å²) in [7, 11) is 0. The van der Waals surface area contributed by atoms with Gasteiger partial charge in [-0.2, -0.15) is 0 Å². The molecule has 0 spiro atoms. The number of likely N-dealkylation sites (tertiary alicyclic amines) is 1. The number of carboxylic acid groups (broad SMARTS) is 1. The van der Waals surface area contributed by atoms with E-state index >= 15 is 0 Å². The number of nitrogens with zero attached hydrogens (tertiary/aromatic N) is 2. The van der Waals surface area contributed by atoms with Crippen LogP contribution in [0.5, 0.6) is 0 Å². The normalized spacial score (nSPS) is 18.0. The Balaban J connectivity index is 2.96. The molecule has 0 aromatic heterocycles. The quantitative estimate of drug-likeness (QED) is 0.0497. The summed E-state index contributed by atoms with van der Waals surface area (Å²) < 4.78 is 0. The van der Waals surface area contributed by atoms with E-state index in [1.165, 1.54) is 11.8 Å². The molecule has 11 N–H and O–H groups in total. The number of nitrogens with one attached hydrogen (secondary N) is 4. The Morgan fingerprint density at radius 3 is 2.19 bits per heavy atom. The zero-order chi connectivity index (χ0) is 32.9. The van der Waals surface area contributed by atoms with Crippen LogP contribution in [0.1, 0.15) is 66.7 Å². The number of hydrogen-bond donors (Lipinski definition) is 8. The lowest BCUT2D eigenvalue weighted by atomic mass is 9.96. The van der Waals surface area contributed by atoms with Crippen LogP contribution in [0.15, 0.2) is 4.99 Å². The summed E-state index contributed by atoms with van der Waals surface area (Å²) in [6.07, 6.45) is 1.86. The van der Waals surface area contributed by atoms with E-state index in [1.54, 1.807) is 20.8 Å². The first kappa shape index (κ1) is 37.1. The van der Waals surface area contributed by atoms with Crippen molar-refractivity contribution in [1.29, 1.82) is 0 Å². The second kappa shape index (κ2) is 17.9. The van der Waals surface area contributed by atoms with Crippen molar-refractivity contribution in [1.82, 2.24) is 26.2 Å². The minimum atomic E-state index is -1.25. The Hall–Kier alpha value is -3.95. The molecule has 16 heteroatoms. The van der Waals surface area contributed by atoms with Crippen LogP contribution in [0.2, 0.25) is 0 Å². The standard InChI is InChI=1S/C27H49N9O7/c1-6-15(4)21(35-24(41)20(28)14(2)3)25(42)33-16(5)26(43)36-12-8-10-18(36)23(40)34-17(9-7-11-31-27(29)30)22(39)32-13-19(37)38/h14-18,20-21H,6-13,28H2,1-5H3,(H,32,39)(H,33,42)(H,34,40)(H,35,41)(H,37,38)(H4,29,30,31)/t15-,16-,17-,18-,20-,21-/m0/s1. The molecule has 1 rings (SSSR count). The molecule has 1 fully saturated rings. The third-order valence-corrected chi connectivity index (χ3v) is 7.37. The highest BCUT2D eigenvalue weighted by molar-refractivity contribution is 5.96. The Morgan fingerprint density at radius 2 is 1.63 bits per heavy atom. The van der Waals surface area contributed by atoms with Crippen molar-refractivity contribution >= 4 is 41.5 Å². The molecule has 1 aliphatic rings. The van der Waals surface area contributed by atoms with E-state index in [4.69, 9.17) is 22.3 Å². The molecule has 0 unspecified atom stereocenters. The third-order valence-electron chi connectivity index (χ3n) is 7.37. The number of nitrogens with two attached hydrogens (primary N) is 3. The molecule has 0 aromatic rings. The summed E-state index contributed by atoms with van der Waals surface area (Å²) in [4.78, 5) is 81.1. The number of rotatable bonds is 17. The number of carbonyl (C=O) groups excluding carboxylic acids is 5. The summed E-state index contributed by atoms with van der Waals surface area (Å²) in [5.41, 5.74) is 16.6. The summed E-state index contributed by atoms with van der Waals surface area (Å²) in [5.74, 6) is -4.57. The molecular weight excluding hydrogens is 562 g/mol. The van der Waals surface area contributed by atoms with Gasteiger partial charge in [0.2, 0.25) is 29.5 Å². The smallest absolute Gasteiger partial charge is 0.322 e. The zero-order valence-corrected chi connectivity index (χ0v) is 25.7. The fourth-order valence-corrected chi connectivity index (χ4v) is 4.50. The van der Waals surface area contributed by atoms with Crippen molar-refractivity contribution in [3.05, 3.63) is 0 Å². The summed E-state index contributed by atoms with van der Waals surface area (Å²) in [6.45, 7) is 8.57. The summed E-state index contributed by atoms with van der Waals surface area (Å²) in [5, 5.41) is 19.1. The van der Waals surface area contributed by atoms with E-state index in [1.807, 2.05) is 6.92 Å². The molecule has 0 bridgehead atoms. The Kier molecular flexibility index (Phi) is 15.4. The first-order valence-electron chi connectivity index (χ1n) is 14.6. The van der Waals surface area contributed by atoms with Crippen molar-refractivity contribution in [2.45, 2.75) is 96.9 Å². The van der Waals surface area contributed by atoms with Gasteiger partial charge in [0, 0.05) is 13.1 Å². The van der Waals surface area contributed by atoms with Crippen LogP contribution in [0.3, 0.4) is 0 Å².